The number of ether oxygens (including phenoxy) is 1. The molecule has 0 bridgehead atoms. The van der Waals surface area contributed by atoms with Gasteiger partial charge >= 0.3 is 6.09 Å². The van der Waals surface area contributed by atoms with Crippen molar-refractivity contribution < 1.29 is 9.53 Å². The van der Waals surface area contributed by atoms with Crippen LogP contribution in [0, 0.1) is 0 Å². The van der Waals surface area contributed by atoms with E-state index in [0.29, 0.717) is 13.1 Å². The summed E-state index contributed by atoms with van der Waals surface area (Å²) in [6, 6.07) is 8.85. The Balaban J connectivity index is 2.05. The molecule has 128 valence electrons. The minimum atomic E-state index is -0.453. The van der Waals surface area contributed by atoms with Crippen molar-refractivity contribution in [3.63, 3.8) is 0 Å². The van der Waals surface area contributed by atoms with Crippen LogP contribution >= 0.6 is 0 Å². The fraction of sp³-hybridized carbons (Fsp3) is 0.632. The SMILES string of the molecule is CC(C)(C)OC(=O)N1CCN[C@H](c2ccc(C(C)(C)C)cc2)C1. The fourth-order valence-electron chi connectivity index (χ4n) is 2.68. The first kappa shape index (κ1) is 17.8. The van der Waals surface area contributed by atoms with Crippen LogP contribution in [0.3, 0.4) is 0 Å². The van der Waals surface area contributed by atoms with E-state index in [1.54, 1.807) is 4.90 Å². The summed E-state index contributed by atoms with van der Waals surface area (Å²) < 4.78 is 5.48. The predicted molar refractivity (Wildman–Crippen MR) is 93.7 cm³/mol. The Morgan fingerprint density at radius 3 is 2.26 bits per heavy atom. The minimum absolute atomic E-state index is 0.154. The molecule has 1 aromatic rings. The molecule has 1 atom stereocenters. The molecule has 1 heterocycles. The Morgan fingerprint density at radius 2 is 1.74 bits per heavy atom. The Kier molecular flexibility index (Phi) is 5.04. The van der Waals surface area contributed by atoms with Gasteiger partial charge in [0.1, 0.15) is 5.60 Å². The number of hydrogen-bond donors (Lipinski definition) is 1. The second-order valence-corrected chi connectivity index (χ2v) is 8.31. The van der Waals surface area contributed by atoms with Crippen LogP contribution in [0.2, 0.25) is 0 Å². The monoisotopic (exact) mass is 318 g/mol. The molecule has 4 heteroatoms. The van der Waals surface area contributed by atoms with Crippen molar-refractivity contribution in [1.29, 1.82) is 0 Å². The van der Waals surface area contributed by atoms with Crippen LogP contribution in [-0.2, 0) is 10.2 Å². The molecule has 1 aliphatic rings. The van der Waals surface area contributed by atoms with E-state index in [4.69, 9.17) is 4.74 Å². The van der Waals surface area contributed by atoms with E-state index >= 15 is 0 Å². The number of carbonyl (C=O) groups excluding carboxylic acids is 1. The highest BCUT2D eigenvalue weighted by atomic mass is 16.6. The van der Waals surface area contributed by atoms with Gasteiger partial charge in [0.25, 0.3) is 0 Å². The van der Waals surface area contributed by atoms with Crippen LogP contribution in [0.4, 0.5) is 4.79 Å². The zero-order valence-corrected chi connectivity index (χ0v) is 15.3. The second kappa shape index (κ2) is 6.52. The molecular weight excluding hydrogens is 288 g/mol. The number of nitrogens with zero attached hydrogens (tertiary/aromatic N) is 1. The maximum Gasteiger partial charge on any atom is 0.410 e. The first-order valence-corrected chi connectivity index (χ1v) is 8.38. The summed E-state index contributed by atoms with van der Waals surface area (Å²) in [7, 11) is 0. The van der Waals surface area contributed by atoms with E-state index < -0.39 is 5.60 Å². The normalized spacial score (nSPS) is 19.6. The van der Waals surface area contributed by atoms with Gasteiger partial charge in [-0.3, -0.25) is 0 Å². The van der Waals surface area contributed by atoms with Gasteiger partial charge in [-0.15, -0.1) is 0 Å². The number of hydrogen-bond acceptors (Lipinski definition) is 3. The summed E-state index contributed by atoms with van der Waals surface area (Å²) in [5.41, 5.74) is 2.24. The van der Waals surface area contributed by atoms with Gasteiger partial charge in [-0.2, -0.15) is 0 Å². The van der Waals surface area contributed by atoms with E-state index in [9.17, 15) is 4.79 Å². The van der Waals surface area contributed by atoms with Crippen LogP contribution in [0.1, 0.15) is 58.7 Å². The van der Waals surface area contributed by atoms with E-state index in [0.717, 1.165) is 6.54 Å². The summed E-state index contributed by atoms with van der Waals surface area (Å²) in [5, 5.41) is 3.49. The Hall–Kier alpha value is -1.55. The van der Waals surface area contributed by atoms with Gasteiger partial charge in [0, 0.05) is 19.6 Å². The van der Waals surface area contributed by atoms with Crippen molar-refractivity contribution in [2.45, 2.75) is 58.6 Å². The average Bonchev–Trinajstić information content (AvgIpc) is 2.45. The Labute approximate surface area is 140 Å². The molecule has 1 N–H and O–H groups in total. The van der Waals surface area contributed by atoms with Crippen LogP contribution in [0.5, 0.6) is 0 Å². The summed E-state index contributed by atoms with van der Waals surface area (Å²) in [4.78, 5) is 14.0. The molecule has 0 saturated carbocycles. The van der Waals surface area contributed by atoms with E-state index in [2.05, 4.69) is 50.4 Å². The number of nitrogens with one attached hydrogen (secondary N) is 1. The molecule has 0 radical (unpaired) electrons. The van der Waals surface area contributed by atoms with E-state index in [-0.39, 0.29) is 17.6 Å². The van der Waals surface area contributed by atoms with Crippen molar-refractivity contribution in [3.05, 3.63) is 35.4 Å². The van der Waals surface area contributed by atoms with Gasteiger partial charge in [-0.25, -0.2) is 4.79 Å². The largest absolute Gasteiger partial charge is 0.444 e. The van der Waals surface area contributed by atoms with Crippen LogP contribution in [-0.4, -0.2) is 36.2 Å². The first-order chi connectivity index (χ1) is 10.6. The molecule has 1 amide bonds. The summed E-state index contributed by atoms with van der Waals surface area (Å²) >= 11 is 0. The number of benzene rings is 1. The lowest BCUT2D eigenvalue weighted by Crippen LogP contribution is -2.49. The molecule has 4 nitrogen and oxygen atoms in total. The number of carbonyl (C=O) groups is 1. The van der Waals surface area contributed by atoms with Gasteiger partial charge in [0.15, 0.2) is 0 Å². The topological polar surface area (TPSA) is 41.6 Å². The van der Waals surface area contributed by atoms with Gasteiger partial charge < -0.3 is 15.0 Å². The molecule has 1 fully saturated rings. The highest BCUT2D eigenvalue weighted by Crippen LogP contribution is 2.25. The molecule has 1 saturated heterocycles. The Bertz CT molecular complexity index is 538. The van der Waals surface area contributed by atoms with Crippen molar-refractivity contribution in [3.8, 4) is 0 Å². The van der Waals surface area contributed by atoms with E-state index in [1.807, 2.05) is 20.8 Å². The predicted octanol–water partition coefficient (Wildman–Crippen LogP) is 3.87. The first-order valence-electron chi connectivity index (χ1n) is 8.38. The zero-order valence-electron chi connectivity index (χ0n) is 15.3. The molecular formula is C19H30N2O2. The van der Waals surface area contributed by atoms with Crippen LogP contribution in [0.25, 0.3) is 0 Å². The highest BCUT2D eigenvalue weighted by molar-refractivity contribution is 5.68. The third kappa shape index (κ3) is 4.96. The maximum absolute atomic E-state index is 12.3. The van der Waals surface area contributed by atoms with Crippen molar-refractivity contribution in [2.24, 2.45) is 0 Å². The minimum Gasteiger partial charge on any atom is -0.444 e. The molecule has 1 aliphatic heterocycles. The van der Waals surface area contributed by atoms with Crippen molar-refractivity contribution in [1.82, 2.24) is 10.2 Å². The lowest BCUT2D eigenvalue weighted by molar-refractivity contribution is 0.0195. The molecule has 0 unspecified atom stereocenters. The van der Waals surface area contributed by atoms with Gasteiger partial charge in [-0.1, -0.05) is 45.0 Å². The lowest BCUT2D eigenvalue weighted by Gasteiger charge is -2.35. The highest BCUT2D eigenvalue weighted by Gasteiger charge is 2.28. The molecule has 1 aromatic carbocycles. The second-order valence-electron chi connectivity index (χ2n) is 8.31. The van der Waals surface area contributed by atoms with Gasteiger partial charge in [0.05, 0.1) is 6.04 Å². The summed E-state index contributed by atoms with van der Waals surface area (Å²) in [5.74, 6) is 0. The maximum atomic E-state index is 12.3. The quantitative estimate of drug-likeness (QED) is 0.855. The zero-order chi connectivity index (χ0) is 17.3. The fourth-order valence-corrected chi connectivity index (χ4v) is 2.68. The standard InChI is InChI=1S/C19H30N2O2/c1-18(2,3)15-9-7-14(8-10-15)16-13-21(12-11-20-16)17(22)23-19(4,5)6/h7-10,16,20H,11-13H2,1-6H3/t16-/m0/s1. The van der Waals surface area contributed by atoms with Crippen molar-refractivity contribution in [2.75, 3.05) is 19.6 Å². The smallest absolute Gasteiger partial charge is 0.410 e. The number of amides is 1. The third-order valence-electron chi connectivity index (χ3n) is 4.01. The van der Waals surface area contributed by atoms with Gasteiger partial charge in [0.2, 0.25) is 0 Å². The molecule has 23 heavy (non-hydrogen) atoms. The molecule has 2 rings (SSSR count). The molecule has 0 spiro atoms. The van der Waals surface area contributed by atoms with E-state index in [1.165, 1.54) is 11.1 Å². The summed E-state index contributed by atoms with van der Waals surface area (Å²) in [6.45, 7) is 14.4. The lowest BCUT2D eigenvalue weighted by atomic mass is 9.86. The average molecular weight is 318 g/mol. The number of rotatable bonds is 1. The molecule has 0 aromatic heterocycles. The van der Waals surface area contributed by atoms with Gasteiger partial charge in [-0.05, 0) is 37.3 Å². The third-order valence-corrected chi connectivity index (χ3v) is 4.01. The Morgan fingerprint density at radius 1 is 1.13 bits per heavy atom. The summed E-state index contributed by atoms with van der Waals surface area (Å²) in [6.07, 6.45) is -0.227. The van der Waals surface area contributed by atoms with Crippen molar-refractivity contribution >= 4 is 6.09 Å². The number of piperazine rings is 1. The molecule has 0 aliphatic carbocycles. The van der Waals surface area contributed by atoms with Crippen LogP contribution in [0.15, 0.2) is 24.3 Å². The van der Waals surface area contributed by atoms with Crippen LogP contribution < -0.4 is 5.32 Å².